The number of nitrogens with one attached hydrogen (secondary N) is 1. The Bertz CT molecular complexity index is 841. The predicted octanol–water partition coefficient (Wildman–Crippen LogP) is 4.40. The topological polar surface area (TPSA) is 41.6 Å². The van der Waals surface area contributed by atoms with Crippen LogP contribution in [-0.4, -0.2) is 29.8 Å². The van der Waals surface area contributed by atoms with Crippen LogP contribution in [0.4, 0.5) is 17.6 Å². The molecule has 1 heterocycles. The molecule has 156 valence electrons. The van der Waals surface area contributed by atoms with Crippen molar-refractivity contribution >= 4 is 5.91 Å². The second-order valence-electron chi connectivity index (χ2n) is 6.97. The maximum atomic E-state index is 13.2. The molecule has 0 aliphatic carbocycles. The van der Waals surface area contributed by atoms with Crippen LogP contribution in [0.15, 0.2) is 48.5 Å². The highest BCUT2D eigenvalue weighted by molar-refractivity contribution is 5.78. The molecular weight excluding hydrogens is 388 g/mol. The number of hydrogen-bond donors (Lipinski definition) is 1. The Balaban J connectivity index is 1.57. The Kier molecular flexibility index (Phi) is 6.74. The summed E-state index contributed by atoms with van der Waals surface area (Å²) >= 11 is 0. The van der Waals surface area contributed by atoms with Crippen molar-refractivity contribution in [3.8, 4) is 5.75 Å². The van der Waals surface area contributed by atoms with Crippen molar-refractivity contribution in [3.63, 3.8) is 0 Å². The Morgan fingerprint density at radius 2 is 1.93 bits per heavy atom. The lowest BCUT2D eigenvalue weighted by atomic mass is 10.1. The number of hydrogen-bond acceptors (Lipinski definition) is 3. The first-order chi connectivity index (χ1) is 13.8. The van der Waals surface area contributed by atoms with Gasteiger partial charge in [-0.3, -0.25) is 4.79 Å². The summed E-state index contributed by atoms with van der Waals surface area (Å²) in [6.07, 6.45) is -3.10. The molecule has 2 aromatic carbocycles. The summed E-state index contributed by atoms with van der Waals surface area (Å²) in [5, 5.41) is 3.22. The molecule has 1 fully saturated rings. The summed E-state index contributed by atoms with van der Waals surface area (Å²) in [6, 6.07) is 12.1. The van der Waals surface area contributed by atoms with Gasteiger partial charge in [0.2, 0.25) is 5.91 Å². The molecule has 1 aliphatic heterocycles. The van der Waals surface area contributed by atoms with Gasteiger partial charge in [0.15, 0.2) is 0 Å². The molecule has 4 nitrogen and oxygen atoms in total. The van der Waals surface area contributed by atoms with Gasteiger partial charge < -0.3 is 15.0 Å². The molecule has 0 unspecified atom stereocenters. The van der Waals surface area contributed by atoms with Gasteiger partial charge in [0.25, 0.3) is 0 Å². The Hall–Kier alpha value is -2.61. The Morgan fingerprint density at radius 1 is 1.14 bits per heavy atom. The van der Waals surface area contributed by atoms with Crippen LogP contribution in [-0.2, 0) is 17.9 Å². The van der Waals surface area contributed by atoms with Crippen molar-refractivity contribution in [2.75, 3.05) is 6.54 Å². The van der Waals surface area contributed by atoms with E-state index in [-0.39, 0.29) is 30.1 Å². The minimum absolute atomic E-state index is 0.0681. The van der Waals surface area contributed by atoms with Crippen LogP contribution < -0.4 is 10.1 Å². The number of amides is 1. The summed E-state index contributed by atoms with van der Waals surface area (Å²) in [5.41, 5.74) is 1.14. The monoisotopic (exact) mass is 410 g/mol. The van der Waals surface area contributed by atoms with Gasteiger partial charge >= 0.3 is 6.36 Å². The molecule has 1 amide bonds. The van der Waals surface area contributed by atoms with Crippen molar-refractivity contribution in [2.24, 2.45) is 0 Å². The van der Waals surface area contributed by atoms with Gasteiger partial charge in [-0.25, -0.2) is 4.39 Å². The zero-order chi connectivity index (χ0) is 20.9. The number of para-hydroxylation sites is 1. The predicted molar refractivity (Wildman–Crippen MR) is 99.4 cm³/mol. The molecule has 0 bridgehead atoms. The van der Waals surface area contributed by atoms with Gasteiger partial charge in [-0.2, -0.15) is 0 Å². The van der Waals surface area contributed by atoms with E-state index in [0.29, 0.717) is 37.9 Å². The molecule has 29 heavy (non-hydrogen) atoms. The fourth-order valence-electron chi connectivity index (χ4n) is 3.50. The lowest BCUT2D eigenvalue weighted by molar-refractivity contribution is -0.275. The fraction of sp³-hybridized carbons (Fsp3) is 0.381. The molecule has 3 rings (SSSR count). The van der Waals surface area contributed by atoms with Gasteiger partial charge in [0, 0.05) is 31.1 Å². The van der Waals surface area contributed by atoms with Gasteiger partial charge in [0.05, 0.1) is 0 Å². The second-order valence-corrected chi connectivity index (χ2v) is 6.97. The van der Waals surface area contributed by atoms with E-state index in [0.717, 1.165) is 5.56 Å². The number of carbonyl (C=O) groups excluding carboxylic acids is 1. The number of benzene rings is 2. The standard InChI is InChI=1S/C21H22F4N2O2/c22-17-6-3-4-15(12-17)13-26-11-10-18-8-9-20(28)27(18)14-16-5-1-2-7-19(16)29-21(23,24)25/h1-7,12,18,26H,8-11,13-14H2/t18-/m0/s1. The van der Waals surface area contributed by atoms with Gasteiger partial charge in [0.1, 0.15) is 11.6 Å². The molecule has 0 spiro atoms. The van der Waals surface area contributed by atoms with Crippen LogP contribution in [0.25, 0.3) is 0 Å². The fourth-order valence-corrected chi connectivity index (χ4v) is 3.50. The highest BCUT2D eigenvalue weighted by atomic mass is 19.4. The largest absolute Gasteiger partial charge is 0.573 e. The minimum atomic E-state index is -4.79. The summed E-state index contributed by atoms with van der Waals surface area (Å²) in [6.45, 7) is 1.17. The summed E-state index contributed by atoms with van der Waals surface area (Å²) in [4.78, 5) is 13.9. The third-order valence-electron chi connectivity index (χ3n) is 4.86. The number of nitrogens with zero attached hydrogens (tertiary/aromatic N) is 1. The highest BCUT2D eigenvalue weighted by Gasteiger charge is 2.34. The molecule has 1 N–H and O–H groups in total. The van der Waals surface area contributed by atoms with E-state index in [2.05, 4.69) is 10.1 Å². The second kappa shape index (κ2) is 9.26. The lowest BCUT2D eigenvalue weighted by Gasteiger charge is -2.26. The van der Waals surface area contributed by atoms with Crippen LogP contribution >= 0.6 is 0 Å². The highest BCUT2D eigenvalue weighted by Crippen LogP contribution is 2.30. The molecule has 1 atom stereocenters. The number of rotatable bonds is 8. The quantitative estimate of drug-likeness (QED) is 0.518. The van der Waals surface area contributed by atoms with Crippen LogP contribution in [0.3, 0.4) is 0 Å². The molecule has 8 heteroatoms. The maximum absolute atomic E-state index is 13.2. The van der Waals surface area contributed by atoms with Crippen molar-refractivity contribution in [1.29, 1.82) is 0 Å². The van der Waals surface area contributed by atoms with E-state index < -0.39 is 6.36 Å². The number of ether oxygens (including phenoxy) is 1. The molecule has 1 aliphatic rings. The van der Waals surface area contributed by atoms with Crippen LogP contribution in [0.2, 0.25) is 0 Å². The van der Waals surface area contributed by atoms with Crippen LogP contribution in [0.1, 0.15) is 30.4 Å². The smallest absolute Gasteiger partial charge is 0.405 e. The molecule has 0 aromatic heterocycles. The van der Waals surface area contributed by atoms with E-state index in [1.54, 1.807) is 17.0 Å². The van der Waals surface area contributed by atoms with Crippen molar-refractivity contribution in [1.82, 2.24) is 10.2 Å². The van der Waals surface area contributed by atoms with Crippen molar-refractivity contribution in [2.45, 2.75) is 44.8 Å². The zero-order valence-corrected chi connectivity index (χ0v) is 15.7. The molecule has 2 aromatic rings. The van der Waals surface area contributed by atoms with E-state index in [1.807, 2.05) is 6.07 Å². The first kappa shape index (κ1) is 21.1. The number of alkyl halides is 3. The Morgan fingerprint density at radius 3 is 2.69 bits per heavy atom. The van der Waals surface area contributed by atoms with Crippen molar-refractivity contribution in [3.05, 3.63) is 65.5 Å². The van der Waals surface area contributed by atoms with E-state index in [4.69, 9.17) is 0 Å². The maximum Gasteiger partial charge on any atom is 0.573 e. The van der Waals surface area contributed by atoms with Gasteiger partial charge in [-0.05, 0) is 43.1 Å². The summed E-state index contributed by atoms with van der Waals surface area (Å²) in [7, 11) is 0. The Labute approximate surface area is 166 Å². The zero-order valence-electron chi connectivity index (χ0n) is 15.7. The van der Waals surface area contributed by atoms with E-state index >= 15 is 0 Å². The SMILES string of the molecule is O=C1CC[C@@H](CCNCc2cccc(F)c2)N1Cc1ccccc1OC(F)(F)F. The van der Waals surface area contributed by atoms with Gasteiger partial charge in [-0.15, -0.1) is 13.2 Å². The molecule has 1 saturated heterocycles. The third kappa shape index (κ3) is 6.19. The van der Waals surface area contributed by atoms with Gasteiger partial charge in [-0.1, -0.05) is 30.3 Å². The molecule has 0 saturated carbocycles. The average molecular weight is 410 g/mol. The molecular formula is C21H22F4N2O2. The summed E-state index contributed by atoms with van der Waals surface area (Å²) < 4.78 is 55.2. The lowest BCUT2D eigenvalue weighted by Crippen LogP contribution is -2.35. The van der Waals surface area contributed by atoms with Crippen LogP contribution in [0, 0.1) is 5.82 Å². The number of carbonyl (C=O) groups is 1. The molecule has 0 radical (unpaired) electrons. The third-order valence-corrected chi connectivity index (χ3v) is 4.86. The first-order valence-electron chi connectivity index (χ1n) is 9.40. The number of halogens is 4. The first-order valence-corrected chi connectivity index (χ1v) is 9.40. The summed E-state index contributed by atoms with van der Waals surface area (Å²) in [5.74, 6) is -0.666. The van der Waals surface area contributed by atoms with Crippen molar-refractivity contribution < 1.29 is 27.1 Å². The van der Waals surface area contributed by atoms with E-state index in [9.17, 15) is 22.4 Å². The van der Waals surface area contributed by atoms with E-state index in [1.165, 1.54) is 30.3 Å². The normalized spacial score (nSPS) is 17.0. The minimum Gasteiger partial charge on any atom is -0.405 e. The average Bonchev–Trinajstić information content (AvgIpc) is 2.99. The number of likely N-dealkylation sites (tertiary alicyclic amines) is 1. The van der Waals surface area contributed by atoms with Crippen LogP contribution in [0.5, 0.6) is 5.75 Å².